The maximum absolute atomic E-state index is 14.8. The topological polar surface area (TPSA) is 57.7 Å². The van der Waals surface area contributed by atoms with Gasteiger partial charge in [0.2, 0.25) is 5.91 Å². The van der Waals surface area contributed by atoms with Gasteiger partial charge in [-0.05, 0) is 56.5 Å². The van der Waals surface area contributed by atoms with Crippen LogP contribution in [0.3, 0.4) is 0 Å². The van der Waals surface area contributed by atoms with Gasteiger partial charge in [-0.1, -0.05) is 25.3 Å². The number of rotatable bonds is 9. The summed E-state index contributed by atoms with van der Waals surface area (Å²) in [5.74, 6) is 0.763. The van der Waals surface area contributed by atoms with Gasteiger partial charge in [-0.3, -0.25) is 14.7 Å². The maximum Gasteiger partial charge on any atom is 0.224 e. The van der Waals surface area contributed by atoms with Crippen LogP contribution in [-0.4, -0.2) is 73.1 Å². The Labute approximate surface area is 208 Å². The Morgan fingerprint density at radius 1 is 1.14 bits per heavy atom. The van der Waals surface area contributed by atoms with Crippen LogP contribution in [-0.2, 0) is 11.2 Å². The lowest BCUT2D eigenvalue weighted by atomic mass is 9.84. The van der Waals surface area contributed by atoms with E-state index in [1.807, 2.05) is 6.07 Å². The van der Waals surface area contributed by atoms with Crippen LogP contribution in [0.4, 0.5) is 4.39 Å². The van der Waals surface area contributed by atoms with Crippen molar-refractivity contribution in [3.05, 3.63) is 47.9 Å². The van der Waals surface area contributed by atoms with Crippen molar-refractivity contribution in [1.82, 2.24) is 20.1 Å². The first kappa shape index (κ1) is 25.6. The number of hydrogen-bond donors (Lipinski definition) is 1. The van der Waals surface area contributed by atoms with Crippen molar-refractivity contribution in [3.63, 3.8) is 0 Å². The molecule has 7 heteroatoms. The van der Waals surface area contributed by atoms with Crippen LogP contribution < -0.4 is 10.1 Å². The fraction of sp³-hybridized carbons (Fsp3) is 0.571. The average Bonchev–Trinajstić information content (AvgIpc) is 2.86. The highest BCUT2D eigenvalue weighted by molar-refractivity contribution is 5.79. The minimum Gasteiger partial charge on any atom is -0.492 e. The summed E-state index contributed by atoms with van der Waals surface area (Å²) in [4.78, 5) is 21.6. The van der Waals surface area contributed by atoms with E-state index in [2.05, 4.69) is 34.1 Å². The van der Waals surface area contributed by atoms with Gasteiger partial charge in [0.25, 0.3) is 0 Å². The highest BCUT2D eigenvalue weighted by Gasteiger charge is 2.21. The molecule has 2 heterocycles. The summed E-state index contributed by atoms with van der Waals surface area (Å²) >= 11 is 0. The second-order valence-electron chi connectivity index (χ2n) is 10.1. The van der Waals surface area contributed by atoms with Gasteiger partial charge in [-0.2, -0.15) is 0 Å². The lowest BCUT2D eigenvalue weighted by molar-refractivity contribution is -0.121. The number of nitrogens with zero attached hydrogens (tertiary/aromatic N) is 3. The van der Waals surface area contributed by atoms with E-state index in [0.717, 1.165) is 38.3 Å². The fourth-order valence-electron chi connectivity index (χ4n) is 5.09. The van der Waals surface area contributed by atoms with E-state index < -0.39 is 0 Å². The second kappa shape index (κ2) is 12.5. The number of likely N-dealkylation sites (N-methyl/N-ethyl adjacent to an activating group) is 1. The van der Waals surface area contributed by atoms with Crippen LogP contribution in [0, 0.1) is 11.7 Å². The summed E-state index contributed by atoms with van der Waals surface area (Å²) in [6.07, 6.45) is 8.18. The first-order valence-corrected chi connectivity index (χ1v) is 13.1. The van der Waals surface area contributed by atoms with E-state index in [1.165, 1.54) is 38.2 Å². The lowest BCUT2D eigenvalue weighted by Crippen LogP contribution is -2.45. The Hall–Kier alpha value is -2.51. The molecule has 2 aliphatic rings. The number of carbonyl (C=O) groups is 1. The molecule has 2 aromatic rings. The van der Waals surface area contributed by atoms with Crippen LogP contribution in [0.1, 0.15) is 44.6 Å². The lowest BCUT2D eigenvalue weighted by Gasteiger charge is -2.32. The van der Waals surface area contributed by atoms with Crippen LogP contribution in [0.5, 0.6) is 5.75 Å². The summed E-state index contributed by atoms with van der Waals surface area (Å²) in [6, 6.07) is 8.76. The van der Waals surface area contributed by atoms with Crippen molar-refractivity contribution in [3.8, 4) is 17.0 Å². The van der Waals surface area contributed by atoms with Crippen LogP contribution in [0.2, 0.25) is 0 Å². The zero-order valence-corrected chi connectivity index (χ0v) is 21.1. The molecule has 1 saturated heterocycles. The normalized spacial score (nSPS) is 18.8. The van der Waals surface area contributed by atoms with Gasteiger partial charge in [0.1, 0.15) is 18.2 Å². The molecule has 0 spiro atoms. The third kappa shape index (κ3) is 7.48. The third-order valence-corrected chi connectivity index (χ3v) is 7.42. The zero-order valence-electron chi connectivity index (χ0n) is 21.1. The minimum atomic E-state index is -0.360. The number of amides is 1. The smallest absolute Gasteiger partial charge is 0.224 e. The first-order valence-electron chi connectivity index (χ1n) is 13.1. The molecule has 1 saturated carbocycles. The van der Waals surface area contributed by atoms with Crippen molar-refractivity contribution in [2.24, 2.45) is 5.92 Å². The number of nitrogens with one attached hydrogen (secondary N) is 1. The van der Waals surface area contributed by atoms with Gasteiger partial charge in [-0.25, -0.2) is 4.39 Å². The van der Waals surface area contributed by atoms with Crippen molar-refractivity contribution >= 4 is 5.91 Å². The van der Waals surface area contributed by atoms with E-state index >= 15 is 0 Å². The van der Waals surface area contributed by atoms with Gasteiger partial charge < -0.3 is 15.0 Å². The molecule has 1 aliphatic heterocycles. The Bertz CT molecular complexity index is 954. The summed E-state index contributed by atoms with van der Waals surface area (Å²) in [5, 5.41) is 3.15. The standard InChI is InChI=1S/C28H39FN4O2/c1-21(23-6-4-3-5-7-23)31-28(34)18-22-8-11-27(30-20-22)25-10-9-24(19-26(25)29)35-17-16-33-14-12-32(2)13-15-33/h8-11,19-21,23H,3-7,12-18H2,1-2H3,(H,31,34)/t21-/m1/s1. The molecule has 1 atom stereocenters. The quantitative estimate of drug-likeness (QED) is 0.582. The van der Waals surface area contributed by atoms with Gasteiger partial charge >= 0.3 is 0 Å². The summed E-state index contributed by atoms with van der Waals surface area (Å²) < 4.78 is 20.6. The van der Waals surface area contributed by atoms with E-state index in [1.54, 1.807) is 24.4 Å². The van der Waals surface area contributed by atoms with Gasteiger partial charge in [0.05, 0.1) is 12.1 Å². The Kier molecular flexibility index (Phi) is 9.10. The minimum absolute atomic E-state index is 0.0156. The average molecular weight is 483 g/mol. The van der Waals surface area contributed by atoms with Crippen LogP contribution in [0.15, 0.2) is 36.5 Å². The van der Waals surface area contributed by atoms with E-state index in [4.69, 9.17) is 4.74 Å². The van der Waals surface area contributed by atoms with Crippen molar-refractivity contribution in [2.75, 3.05) is 46.4 Å². The van der Waals surface area contributed by atoms with Crippen molar-refractivity contribution in [1.29, 1.82) is 0 Å². The molecule has 0 radical (unpaired) electrons. The largest absolute Gasteiger partial charge is 0.492 e. The molecule has 190 valence electrons. The first-order chi connectivity index (χ1) is 17.0. The summed E-state index contributed by atoms with van der Waals surface area (Å²) in [7, 11) is 2.14. The van der Waals surface area contributed by atoms with Gasteiger partial charge in [0.15, 0.2) is 0 Å². The SMILES string of the molecule is C[C@@H](NC(=O)Cc1ccc(-c2ccc(OCCN3CCN(C)CC3)cc2F)nc1)C1CCCCC1. The fourth-order valence-corrected chi connectivity index (χ4v) is 5.09. The van der Waals surface area contributed by atoms with E-state index in [9.17, 15) is 9.18 Å². The predicted molar refractivity (Wildman–Crippen MR) is 137 cm³/mol. The molecule has 1 N–H and O–H groups in total. The number of piperazine rings is 1. The maximum atomic E-state index is 14.8. The number of pyridine rings is 1. The molecule has 1 aliphatic carbocycles. The van der Waals surface area contributed by atoms with Gasteiger partial charge in [0, 0.05) is 56.6 Å². The van der Waals surface area contributed by atoms with Crippen molar-refractivity contribution < 1.29 is 13.9 Å². The number of aromatic nitrogens is 1. The van der Waals surface area contributed by atoms with Crippen LogP contribution in [0.25, 0.3) is 11.3 Å². The molecule has 2 fully saturated rings. The number of hydrogen-bond acceptors (Lipinski definition) is 5. The monoisotopic (exact) mass is 482 g/mol. The Morgan fingerprint density at radius 3 is 2.60 bits per heavy atom. The molecule has 6 nitrogen and oxygen atoms in total. The Morgan fingerprint density at radius 2 is 1.91 bits per heavy atom. The molecule has 1 aromatic heterocycles. The molecule has 1 aromatic carbocycles. The van der Waals surface area contributed by atoms with Crippen LogP contribution >= 0.6 is 0 Å². The Balaban J connectivity index is 1.26. The third-order valence-electron chi connectivity index (χ3n) is 7.42. The molecular formula is C28H39FN4O2. The molecule has 35 heavy (non-hydrogen) atoms. The number of halogens is 1. The zero-order chi connectivity index (χ0) is 24.6. The van der Waals surface area contributed by atoms with Gasteiger partial charge in [-0.15, -0.1) is 0 Å². The molecule has 0 unspecified atom stereocenters. The second-order valence-corrected chi connectivity index (χ2v) is 10.1. The predicted octanol–water partition coefficient (Wildman–Crippen LogP) is 4.14. The summed E-state index contributed by atoms with van der Waals surface area (Å²) in [6.45, 7) is 7.70. The molecular weight excluding hydrogens is 443 g/mol. The molecule has 0 bridgehead atoms. The number of benzene rings is 1. The van der Waals surface area contributed by atoms with Crippen molar-refractivity contribution in [2.45, 2.75) is 51.5 Å². The molecule has 4 rings (SSSR count). The van der Waals surface area contributed by atoms with E-state index in [0.29, 0.717) is 29.5 Å². The number of ether oxygens (including phenoxy) is 1. The highest BCUT2D eigenvalue weighted by Crippen LogP contribution is 2.27. The summed E-state index contributed by atoms with van der Waals surface area (Å²) in [5.41, 5.74) is 1.80. The van der Waals surface area contributed by atoms with E-state index in [-0.39, 0.29) is 24.2 Å². The number of carbonyl (C=O) groups excluding carboxylic acids is 1. The highest BCUT2D eigenvalue weighted by atomic mass is 19.1. The molecule has 1 amide bonds.